The zero-order valence-corrected chi connectivity index (χ0v) is 12.7. The Morgan fingerprint density at radius 1 is 1.11 bits per heavy atom. The predicted molar refractivity (Wildman–Crippen MR) is 78.8 cm³/mol. The molecule has 0 bridgehead atoms. The molecule has 0 spiro atoms. The van der Waals surface area contributed by atoms with E-state index < -0.39 is 0 Å². The average molecular weight is 245 g/mol. The molecule has 100 valence electrons. The summed E-state index contributed by atoms with van der Waals surface area (Å²) in [5.74, 6) is 0. The Labute approximate surface area is 112 Å². The summed E-state index contributed by atoms with van der Waals surface area (Å²) >= 11 is 0. The molecule has 1 aromatic rings. The van der Waals surface area contributed by atoms with Crippen molar-refractivity contribution < 1.29 is 0 Å². The molecular weight excluding hydrogens is 218 g/mol. The molecule has 1 aliphatic heterocycles. The maximum absolute atomic E-state index is 2.65. The Bertz CT molecular complexity index is 407. The van der Waals surface area contributed by atoms with Crippen molar-refractivity contribution in [3.05, 3.63) is 35.9 Å². The van der Waals surface area contributed by atoms with E-state index in [2.05, 4.69) is 76.8 Å². The third-order valence-corrected chi connectivity index (χ3v) is 5.35. The number of nitrogens with zero attached hydrogens (tertiary/aromatic N) is 1. The summed E-state index contributed by atoms with van der Waals surface area (Å²) in [6.07, 6.45) is 1.17. The molecule has 18 heavy (non-hydrogen) atoms. The van der Waals surface area contributed by atoms with Crippen LogP contribution in [0.3, 0.4) is 0 Å². The minimum atomic E-state index is 0.274. The van der Waals surface area contributed by atoms with Gasteiger partial charge in [-0.3, -0.25) is 4.90 Å². The lowest BCUT2D eigenvalue weighted by Gasteiger charge is -2.69. The van der Waals surface area contributed by atoms with Gasteiger partial charge < -0.3 is 0 Å². The molecule has 0 aliphatic carbocycles. The van der Waals surface area contributed by atoms with Gasteiger partial charge in [-0.15, -0.1) is 0 Å². The van der Waals surface area contributed by atoms with Crippen molar-refractivity contribution in [2.24, 2.45) is 5.41 Å². The molecule has 1 aliphatic rings. The van der Waals surface area contributed by atoms with Gasteiger partial charge in [-0.2, -0.15) is 0 Å². The van der Waals surface area contributed by atoms with Crippen molar-refractivity contribution >= 4 is 0 Å². The number of benzene rings is 1. The molecule has 1 saturated heterocycles. The van der Waals surface area contributed by atoms with Crippen LogP contribution in [-0.4, -0.2) is 22.5 Å². The Morgan fingerprint density at radius 2 is 1.67 bits per heavy atom. The standard InChI is InChI=1S/C17H27N/c1-13(2)18-14(3)17(6,16(18,4)5)12-15-10-8-7-9-11-15/h7-11,13-14H,12H2,1-6H3. The van der Waals surface area contributed by atoms with Crippen molar-refractivity contribution in [3.8, 4) is 0 Å². The van der Waals surface area contributed by atoms with E-state index in [1.807, 2.05) is 0 Å². The van der Waals surface area contributed by atoms with E-state index in [4.69, 9.17) is 0 Å². The highest BCUT2D eigenvalue weighted by Crippen LogP contribution is 2.54. The lowest BCUT2D eigenvalue weighted by molar-refractivity contribution is -0.194. The zero-order chi connectivity index (χ0) is 13.6. The van der Waals surface area contributed by atoms with Crippen molar-refractivity contribution in [2.75, 3.05) is 0 Å². The van der Waals surface area contributed by atoms with Gasteiger partial charge in [0.25, 0.3) is 0 Å². The van der Waals surface area contributed by atoms with E-state index in [9.17, 15) is 0 Å². The first kappa shape index (κ1) is 13.6. The fourth-order valence-electron chi connectivity index (χ4n) is 4.01. The molecule has 2 unspecified atom stereocenters. The highest BCUT2D eigenvalue weighted by Gasteiger charge is 2.61. The number of hydrogen-bond acceptors (Lipinski definition) is 1. The zero-order valence-electron chi connectivity index (χ0n) is 12.7. The largest absolute Gasteiger partial charge is 0.292 e. The highest BCUT2D eigenvalue weighted by atomic mass is 15.3. The van der Waals surface area contributed by atoms with Crippen LogP contribution in [0.25, 0.3) is 0 Å². The maximum atomic E-state index is 2.65. The summed E-state index contributed by atoms with van der Waals surface area (Å²) in [4.78, 5) is 2.65. The predicted octanol–water partition coefficient (Wildman–Crippen LogP) is 4.13. The molecule has 0 radical (unpaired) electrons. The Hall–Kier alpha value is -0.820. The summed E-state index contributed by atoms with van der Waals surface area (Å²) in [5, 5.41) is 0. The fraction of sp³-hybridized carbons (Fsp3) is 0.647. The summed E-state index contributed by atoms with van der Waals surface area (Å²) in [7, 11) is 0. The van der Waals surface area contributed by atoms with Crippen LogP contribution in [0.5, 0.6) is 0 Å². The van der Waals surface area contributed by atoms with Gasteiger partial charge in [0.05, 0.1) is 0 Å². The van der Waals surface area contributed by atoms with E-state index in [1.54, 1.807) is 0 Å². The van der Waals surface area contributed by atoms with Gasteiger partial charge >= 0.3 is 0 Å². The first-order chi connectivity index (χ1) is 8.30. The quantitative estimate of drug-likeness (QED) is 0.774. The fourth-order valence-corrected chi connectivity index (χ4v) is 4.01. The number of rotatable bonds is 3. The van der Waals surface area contributed by atoms with Crippen LogP contribution in [0.2, 0.25) is 0 Å². The van der Waals surface area contributed by atoms with Gasteiger partial charge in [0.1, 0.15) is 0 Å². The Kier molecular flexibility index (Phi) is 3.31. The van der Waals surface area contributed by atoms with Crippen molar-refractivity contribution in [1.29, 1.82) is 0 Å². The van der Waals surface area contributed by atoms with E-state index >= 15 is 0 Å². The van der Waals surface area contributed by atoms with Crippen LogP contribution in [0.15, 0.2) is 30.3 Å². The molecule has 0 saturated carbocycles. The minimum absolute atomic E-state index is 0.274. The van der Waals surface area contributed by atoms with Crippen LogP contribution >= 0.6 is 0 Å². The lowest BCUT2D eigenvalue weighted by Crippen LogP contribution is -2.77. The van der Waals surface area contributed by atoms with Crippen LogP contribution in [0.4, 0.5) is 0 Å². The summed E-state index contributed by atoms with van der Waals surface area (Å²) in [6, 6.07) is 12.2. The number of hydrogen-bond donors (Lipinski definition) is 0. The second-order valence-corrected chi connectivity index (χ2v) is 6.82. The summed E-state index contributed by atoms with van der Waals surface area (Å²) in [5.41, 5.74) is 2.10. The van der Waals surface area contributed by atoms with Crippen molar-refractivity contribution in [2.45, 2.75) is 65.6 Å². The van der Waals surface area contributed by atoms with Crippen molar-refractivity contribution in [1.82, 2.24) is 4.90 Å². The van der Waals surface area contributed by atoms with E-state index in [-0.39, 0.29) is 5.54 Å². The molecule has 0 amide bonds. The van der Waals surface area contributed by atoms with E-state index in [1.165, 1.54) is 12.0 Å². The van der Waals surface area contributed by atoms with E-state index in [0.717, 1.165) is 0 Å². The monoisotopic (exact) mass is 245 g/mol. The van der Waals surface area contributed by atoms with Gasteiger partial charge in [-0.05, 0) is 46.6 Å². The normalized spacial score (nSPS) is 31.4. The van der Waals surface area contributed by atoms with Gasteiger partial charge in [0.2, 0.25) is 0 Å². The first-order valence-electron chi connectivity index (χ1n) is 7.13. The van der Waals surface area contributed by atoms with Gasteiger partial charge in [0, 0.05) is 23.0 Å². The highest BCUT2D eigenvalue weighted by molar-refractivity contribution is 5.23. The first-order valence-corrected chi connectivity index (χ1v) is 7.13. The smallest absolute Gasteiger partial charge is 0.0230 e. The average Bonchev–Trinajstić information content (AvgIpc) is 2.29. The van der Waals surface area contributed by atoms with Crippen LogP contribution in [0.1, 0.15) is 47.1 Å². The van der Waals surface area contributed by atoms with Crippen molar-refractivity contribution in [3.63, 3.8) is 0 Å². The third-order valence-electron chi connectivity index (χ3n) is 5.35. The summed E-state index contributed by atoms with van der Waals surface area (Å²) < 4.78 is 0. The van der Waals surface area contributed by atoms with Gasteiger partial charge in [-0.1, -0.05) is 37.3 Å². The SMILES string of the molecule is CC(C)N1C(C)C(C)(Cc2ccccc2)C1(C)C. The van der Waals surface area contributed by atoms with Gasteiger partial charge in [0.15, 0.2) is 0 Å². The van der Waals surface area contributed by atoms with Crippen LogP contribution in [-0.2, 0) is 6.42 Å². The van der Waals surface area contributed by atoms with Crippen LogP contribution in [0, 0.1) is 5.41 Å². The molecule has 1 fully saturated rings. The third kappa shape index (κ3) is 1.80. The molecule has 1 heterocycles. The minimum Gasteiger partial charge on any atom is -0.292 e. The maximum Gasteiger partial charge on any atom is 0.0230 e. The molecule has 1 aromatic carbocycles. The molecule has 0 aromatic heterocycles. The molecule has 1 heteroatoms. The molecule has 1 nitrogen and oxygen atoms in total. The Morgan fingerprint density at radius 3 is 2.11 bits per heavy atom. The second-order valence-electron chi connectivity index (χ2n) is 6.82. The van der Waals surface area contributed by atoms with Gasteiger partial charge in [-0.25, -0.2) is 0 Å². The van der Waals surface area contributed by atoms with Crippen LogP contribution < -0.4 is 0 Å². The topological polar surface area (TPSA) is 3.24 Å². The summed E-state index contributed by atoms with van der Waals surface area (Å²) in [6.45, 7) is 14.2. The Balaban J connectivity index is 2.22. The molecule has 0 N–H and O–H groups in total. The lowest BCUT2D eigenvalue weighted by atomic mass is 9.55. The number of likely N-dealkylation sites (tertiary alicyclic amines) is 1. The second kappa shape index (κ2) is 4.38. The molecule has 2 rings (SSSR count). The molecular formula is C17H27N. The van der Waals surface area contributed by atoms with E-state index in [0.29, 0.717) is 17.5 Å². The molecule has 2 atom stereocenters.